The van der Waals surface area contributed by atoms with Gasteiger partial charge >= 0.3 is 0 Å². The van der Waals surface area contributed by atoms with Gasteiger partial charge in [0.15, 0.2) is 0 Å². The predicted octanol–water partition coefficient (Wildman–Crippen LogP) is 5.35. The quantitative estimate of drug-likeness (QED) is 0.731. The van der Waals surface area contributed by atoms with Gasteiger partial charge < -0.3 is 10.3 Å². The highest BCUT2D eigenvalue weighted by Gasteiger charge is 2.16. The minimum Gasteiger partial charge on any atom is -0.367 e. The van der Waals surface area contributed by atoms with E-state index in [2.05, 4.69) is 12.1 Å². The minimum absolute atomic E-state index is 0.328. The van der Waals surface area contributed by atoms with E-state index in [9.17, 15) is 0 Å². The lowest BCUT2D eigenvalue weighted by Crippen LogP contribution is -1.92. The first kappa shape index (κ1) is 15.2. The average Bonchev–Trinajstić information content (AvgIpc) is 2.79. The van der Waals surface area contributed by atoms with Gasteiger partial charge in [-0.05, 0) is 30.5 Å². The van der Waals surface area contributed by atoms with Gasteiger partial charge in [-0.3, -0.25) is 0 Å². The predicted molar refractivity (Wildman–Crippen MR) is 84.2 cm³/mol. The van der Waals surface area contributed by atoms with E-state index in [-0.39, 0.29) is 0 Å². The Morgan fingerprint density at radius 2 is 1.95 bits per heavy atom. The Labute approximate surface area is 129 Å². The summed E-state index contributed by atoms with van der Waals surface area (Å²) in [4.78, 5) is 0. The molecule has 0 amide bonds. The smallest absolute Gasteiger partial charge is 0.230 e. The molecule has 0 spiro atoms. The van der Waals surface area contributed by atoms with Crippen molar-refractivity contribution in [3.8, 4) is 11.1 Å². The lowest BCUT2D eigenvalue weighted by molar-refractivity contribution is 0.426. The Morgan fingerprint density at radius 1 is 1.15 bits per heavy atom. The van der Waals surface area contributed by atoms with Gasteiger partial charge in [0, 0.05) is 0 Å². The molecule has 0 saturated carbocycles. The van der Waals surface area contributed by atoms with Crippen molar-refractivity contribution >= 4 is 29.1 Å². The van der Waals surface area contributed by atoms with Gasteiger partial charge in [0.2, 0.25) is 5.88 Å². The van der Waals surface area contributed by atoms with Crippen molar-refractivity contribution in [1.82, 2.24) is 5.16 Å². The summed E-state index contributed by atoms with van der Waals surface area (Å²) in [7, 11) is 0. The average molecular weight is 313 g/mol. The third kappa shape index (κ3) is 3.47. The molecule has 2 rings (SSSR count). The molecule has 2 N–H and O–H groups in total. The number of nitrogens with two attached hydrogens (primary N) is 1. The number of aryl methyl sites for hydroxylation is 1. The molecule has 2 aromatic rings. The maximum Gasteiger partial charge on any atom is 0.230 e. The highest BCUT2D eigenvalue weighted by atomic mass is 35.5. The first-order valence-electron chi connectivity index (χ1n) is 6.83. The van der Waals surface area contributed by atoms with Gasteiger partial charge in [-0.25, -0.2) is 0 Å². The van der Waals surface area contributed by atoms with Crippen LogP contribution in [0.2, 0.25) is 10.0 Å². The molecule has 1 aromatic heterocycles. The third-order valence-corrected chi connectivity index (χ3v) is 4.00. The largest absolute Gasteiger partial charge is 0.367 e. The van der Waals surface area contributed by atoms with Crippen LogP contribution in [0, 0.1) is 0 Å². The highest BCUT2D eigenvalue weighted by molar-refractivity contribution is 6.42. The zero-order valence-corrected chi connectivity index (χ0v) is 13.0. The van der Waals surface area contributed by atoms with Crippen LogP contribution in [0.15, 0.2) is 22.7 Å². The number of rotatable bonds is 6. The van der Waals surface area contributed by atoms with Crippen molar-refractivity contribution in [2.24, 2.45) is 0 Å². The SMILES string of the molecule is CCCCCCc1noc(N)c1-c1ccc(Cl)c(Cl)c1. The Balaban J connectivity index is 2.22. The van der Waals surface area contributed by atoms with Crippen LogP contribution in [-0.2, 0) is 6.42 Å². The molecule has 0 fully saturated rings. The number of halogens is 2. The van der Waals surface area contributed by atoms with Crippen molar-refractivity contribution in [3.63, 3.8) is 0 Å². The number of unbranched alkanes of at least 4 members (excludes halogenated alkanes) is 3. The van der Waals surface area contributed by atoms with Crippen LogP contribution in [-0.4, -0.2) is 5.16 Å². The first-order chi connectivity index (χ1) is 9.63. The number of benzene rings is 1. The fourth-order valence-electron chi connectivity index (χ4n) is 2.19. The van der Waals surface area contributed by atoms with Gasteiger partial charge in [-0.1, -0.05) is 60.6 Å². The molecule has 5 heteroatoms. The van der Waals surface area contributed by atoms with Crippen LogP contribution in [0.1, 0.15) is 38.3 Å². The van der Waals surface area contributed by atoms with Gasteiger partial charge in [-0.15, -0.1) is 0 Å². The number of hydrogen-bond acceptors (Lipinski definition) is 3. The van der Waals surface area contributed by atoms with E-state index in [1.165, 1.54) is 19.3 Å². The van der Waals surface area contributed by atoms with Crippen molar-refractivity contribution in [3.05, 3.63) is 33.9 Å². The lowest BCUT2D eigenvalue weighted by Gasteiger charge is -2.04. The normalized spacial score (nSPS) is 10.9. The monoisotopic (exact) mass is 312 g/mol. The van der Waals surface area contributed by atoms with E-state index < -0.39 is 0 Å². The fourth-order valence-corrected chi connectivity index (χ4v) is 2.49. The van der Waals surface area contributed by atoms with E-state index in [1.807, 2.05) is 6.07 Å². The van der Waals surface area contributed by atoms with E-state index in [0.29, 0.717) is 15.9 Å². The fraction of sp³-hybridized carbons (Fsp3) is 0.400. The summed E-state index contributed by atoms with van der Waals surface area (Å²) in [5.41, 5.74) is 8.50. The number of hydrogen-bond donors (Lipinski definition) is 1. The van der Waals surface area contributed by atoms with E-state index in [0.717, 1.165) is 29.7 Å². The molecule has 1 heterocycles. The molecule has 1 aromatic carbocycles. The zero-order chi connectivity index (χ0) is 14.5. The van der Waals surface area contributed by atoms with Crippen molar-refractivity contribution in [2.75, 3.05) is 5.73 Å². The van der Waals surface area contributed by atoms with Crippen LogP contribution in [0.25, 0.3) is 11.1 Å². The number of nitrogen functional groups attached to an aromatic ring is 1. The molecule has 3 nitrogen and oxygen atoms in total. The second-order valence-electron chi connectivity index (χ2n) is 4.81. The van der Waals surface area contributed by atoms with Crippen LogP contribution in [0.3, 0.4) is 0 Å². The summed E-state index contributed by atoms with van der Waals surface area (Å²) >= 11 is 12.0. The molecule has 0 bridgehead atoms. The summed E-state index contributed by atoms with van der Waals surface area (Å²) in [5, 5.41) is 5.09. The van der Waals surface area contributed by atoms with E-state index in [4.69, 9.17) is 33.5 Å². The van der Waals surface area contributed by atoms with Gasteiger partial charge in [0.25, 0.3) is 0 Å². The Kier molecular flexibility index (Phi) is 5.32. The molecule has 20 heavy (non-hydrogen) atoms. The zero-order valence-electron chi connectivity index (χ0n) is 11.5. The molecule has 0 atom stereocenters. The van der Waals surface area contributed by atoms with E-state index >= 15 is 0 Å². The maximum atomic E-state index is 6.06. The summed E-state index contributed by atoms with van der Waals surface area (Å²) < 4.78 is 5.13. The molecule has 0 saturated heterocycles. The Morgan fingerprint density at radius 3 is 2.65 bits per heavy atom. The number of nitrogens with zero attached hydrogens (tertiary/aromatic N) is 1. The van der Waals surface area contributed by atoms with Crippen LogP contribution >= 0.6 is 23.2 Å². The first-order valence-corrected chi connectivity index (χ1v) is 7.58. The molecular weight excluding hydrogens is 295 g/mol. The summed E-state index contributed by atoms with van der Waals surface area (Å²) in [6.07, 6.45) is 5.56. The second kappa shape index (κ2) is 7.00. The van der Waals surface area contributed by atoms with Gasteiger partial charge in [0.1, 0.15) is 0 Å². The van der Waals surface area contributed by atoms with E-state index in [1.54, 1.807) is 12.1 Å². The van der Waals surface area contributed by atoms with Gasteiger partial charge in [-0.2, -0.15) is 0 Å². The van der Waals surface area contributed by atoms with Crippen LogP contribution in [0.5, 0.6) is 0 Å². The molecule has 0 aliphatic rings. The molecule has 0 radical (unpaired) electrons. The lowest BCUT2D eigenvalue weighted by atomic mass is 10.0. The summed E-state index contributed by atoms with van der Waals surface area (Å²) in [5.74, 6) is 0.328. The Bertz CT molecular complexity index is 581. The molecule has 108 valence electrons. The molecular formula is C15H18Cl2N2O. The topological polar surface area (TPSA) is 52.0 Å². The third-order valence-electron chi connectivity index (χ3n) is 3.26. The van der Waals surface area contributed by atoms with Crippen LogP contribution in [0.4, 0.5) is 5.88 Å². The summed E-state index contributed by atoms with van der Waals surface area (Å²) in [6, 6.07) is 5.43. The molecule has 0 aliphatic heterocycles. The highest BCUT2D eigenvalue weighted by Crippen LogP contribution is 2.34. The Hall–Kier alpha value is -1.19. The number of aromatic nitrogens is 1. The van der Waals surface area contributed by atoms with Crippen LogP contribution < -0.4 is 5.73 Å². The van der Waals surface area contributed by atoms with Crippen molar-refractivity contribution < 1.29 is 4.52 Å². The van der Waals surface area contributed by atoms with Crippen molar-refractivity contribution in [1.29, 1.82) is 0 Å². The molecule has 0 aliphatic carbocycles. The molecule has 0 unspecified atom stereocenters. The van der Waals surface area contributed by atoms with Crippen molar-refractivity contribution in [2.45, 2.75) is 39.0 Å². The maximum absolute atomic E-state index is 6.06. The minimum atomic E-state index is 0.328. The standard InChI is InChI=1S/C15H18Cl2N2O/c1-2-3-4-5-6-13-14(15(18)20-19-13)10-7-8-11(16)12(17)9-10/h7-9H,2-6,18H2,1H3. The summed E-state index contributed by atoms with van der Waals surface area (Å²) in [6.45, 7) is 2.19. The second-order valence-corrected chi connectivity index (χ2v) is 5.62. The van der Waals surface area contributed by atoms with Gasteiger partial charge in [0.05, 0.1) is 21.3 Å². The number of anilines is 1.